The average molecular weight is 369 g/mol. The van der Waals surface area contributed by atoms with Crippen molar-refractivity contribution >= 4 is 48.0 Å². The van der Waals surface area contributed by atoms with Crippen LogP contribution < -0.4 is 10.6 Å². The molecule has 1 aliphatic heterocycles. The number of para-hydroxylation sites is 1. The van der Waals surface area contributed by atoms with E-state index >= 15 is 0 Å². The second-order valence-electron chi connectivity index (χ2n) is 5.82. The number of hydrogen-bond acceptors (Lipinski definition) is 3. The molecule has 1 aliphatic rings. The molecule has 1 heterocycles. The maximum absolute atomic E-state index is 12.4. The van der Waals surface area contributed by atoms with Crippen molar-refractivity contribution in [3.8, 4) is 0 Å². The second-order valence-corrected chi connectivity index (χ2v) is 6.23. The fourth-order valence-electron chi connectivity index (χ4n) is 2.37. The van der Waals surface area contributed by atoms with Gasteiger partial charge in [-0.15, -0.1) is 24.8 Å². The van der Waals surface area contributed by atoms with Gasteiger partial charge in [-0.05, 0) is 26.0 Å². The van der Waals surface area contributed by atoms with Crippen LogP contribution in [0, 0.1) is 5.41 Å². The molecular weight excluding hydrogens is 345 g/mol. The van der Waals surface area contributed by atoms with E-state index in [0.29, 0.717) is 19.6 Å². The number of nitrogens with two attached hydrogens (primary N) is 1. The third-order valence-electron chi connectivity index (χ3n) is 3.85. The van der Waals surface area contributed by atoms with Gasteiger partial charge in [-0.1, -0.05) is 23.7 Å². The highest BCUT2D eigenvalue weighted by atomic mass is 35.5. The van der Waals surface area contributed by atoms with E-state index in [4.69, 9.17) is 17.3 Å². The van der Waals surface area contributed by atoms with E-state index in [1.807, 2.05) is 43.0 Å². The number of carbonyl (C=O) groups is 1. The first-order valence-corrected chi connectivity index (χ1v) is 7.32. The molecule has 0 unspecified atom stereocenters. The summed E-state index contributed by atoms with van der Waals surface area (Å²) in [4.78, 5) is 16.5. The van der Waals surface area contributed by atoms with Gasteiger partial charge in [0.05, 0.1) is 16.1 Å². The lowest BCUT2D eigenvalue weighted by molar-refractivity contribution is -0.140. The van der Waals surface area contributed by atoms with Crippen LogP contribution in [0.5, 0.6) is 0 Å². The summed E-state index contributed by atoms with van der Waals surface area (Å²) in [7, 11) is 0. The van der Waals surface area contributed by atoms with Gasteiger partial charge in [0.25, 0.3) is 0 Å². The Bertz CT molecular complexity index is 489. The fraction of sp³-hybridized carbons (Fsp3) is 0.533. The topological polar surface area (TPSA) is 49.6 Å². The first-order valence-electron chi connectivity index (χ1n) is 6.94. The molecule has 22 heavy (non-hydrogen) atoms. The molecule has 126 valence electrons. The first kappa shape index (κ1) is 21.3. The van der Waals surface area contributed by atoms with Crippen molar-refractivity contribution in [2.75, 3.05) is 37.6 Å². The van der Waals surface area contributed by atoms with Crippen LogP contribution in [0.3, 0.4) is 0 Å². The third kappa shape index (κ3) is 4.66. The summed E-state index contributed by atoms with van der Waals surface area (Å²) >= 11 is 6.21. The summed E-state index contributed by atoms with van der Waals surface area (Å²) in [5.41, 5.74) is 6.24. The lowest BCUT2D eigenvalue weighted by atomic mass is 9.91. The van der Waals surface area contributed by atoms with Gasteiger partial charge in [-0.2, -0.15) is 0 Å². The molecule has 0 aromatic heterocycles. The van der Waals surface area contributed by atoms with Crippen molar-refractivity contribution in [3.63, 3.8) is 0 Å². The SMILES string of the molecule is CC(C)(CN)C(=O)N1CCN(c2ccccc2Cl)CC1.Cl.Cl. The molecule has 1 fully saturated rings. The number of benzene rings is 1. The molecule has 7 heteroatoms. The summed E-state index contributed by atoms with van der Waals surface area (Å²) < 4.78 is 0. The summed E-state index contributed by atoms with van der Waals surface area (Å²) in [6.45, 7) is 7.20. The Morgan fingerprint density at radius 3 is 2.23 bits per heavy atom. The first-order chi connectivity index (χ1) is 9.45. The smallest absolute Gasteiger partial charge is 0.229 e. The molecule has 1 aromatic carbocycles. The molecule has 0 saturated carbocycles. The minimum absolute atomic E-state index is 0. The number of anilines is 1. The van der Waals surface area contributed by atoms with Crippen LogP contribution >= 0.6 is 36.4 Å². The molecule has 1 aromatic rings. The predicted octanol–water partition coefficient (Wildman–Crippen LogP) is 2.82. The third-order valence-corrected chi connectivity index (χ3v) is 4.17. The number of hydrogen-bond donors (Lipinski definition) is 1. The van der Waals surface area contributed by atoms with Crippen LogP contribution in [-0.4, -0.2) is 43.5 Å². The van der Waals surface area contributed by atoms with Gasteiger partial charge in [0.15, 0.2) is 0 Å². The molecule has 0 bridgehead atoms. The van der Waals surface area contributed by atoms with Gasteiger partial charge in [0.2, 0.25) is 5.91 Å². The Hall–Kier alpha value is -0.680. The van der Waals surface area contributed by atoms with Crippen LogP contribution in [0.2, 0.25) is 5.02 Å². The van der Waals surface area contributed by atoms with E-state index in [0.717, 1.165) is 23.8 Å². The largest absolute Gasteiger partial charge is 0.367 e. The Morgan fingerprint density at radius 1 is 1.18 bits per heavy atom. The highest BCUT2D eigenvalue weighted by molar-refractivity contribution is 6.33. The normalized spacial score (nSPS) is 14.9. The number of rotatable bonds is 3. The van der Waals surface area contributed by atoms with Crippen LogP contribution in [0.4, 0.5) is 5.69 Å². The molecule has 0 spiro atoms. The van der Waals surface area contributed by atoms with Gasteiger partial charge >= 0.3 is 0 Å². The molecule has 0 radical (unpaired) electrons. The molecular formula is C15H24Cl3N3O. The van der Waals surface area contributed by atoms with Crippen molar-refractivity contribution in [2.24, 2.45) is 11.1 Å². The molecule has 2 N–H and O–H groups in total. The van der Waals surface area contributed by atoms with Gasteiger partial charge in [0, 0.05) is 32.7 Å². The Kier molecular flexibility index (Phi) is 8.55. The van der Waals surface area contributed by atoms with E-state index in [2.05, 4.69) is 4.90 Å². The maximum Gasteiger partial charge on any atom is 0.229 e. The van der Waals surface area contributed by atoms with Gasteiger partial charge in [-0.3, -0.25) is 4.79 Å². The number of amides is 1. The number of halogens is 3. The van der Waals surface area contributed by atoms with Gasteiger partial charge < -0.3 is 15.5 Å². The Balaban J connectivity index is 0.00000220. The zero-order chi connectivity index (χ0) is 14.8. The van der Waals surface area contributed by atoms with Crippen LogP contribution in [-0.2, 0) is 4.79 Å². The highest BCUT2D eigenvalue weighted by Gasteiger charge is 2.32. The zero-order valence-electron chi connectivity index (χ0n) is 12.9. The van der Waals surface area contributed by atoms with Crippen molar-refractivity contribution in [2.45, 2.75) is 13.8 Å². The van der Waals surface area contributed by atoms with Crippen LogP contribution in [0.15, 0.2) is 24.3 Å². The monoisotopic (exact) mass is 367 g/mol. The Labute approximate surface area is 149 Å². The van der Waals surface area contributed by atoms with Gasteiger partial charge in [0.1, 0.15) is 0 Å². The van der Waals surface area contributed by atoms with Crippen LogP contribution in [0.1, 0.15) is 13.8 Å². The van der Waals surface area contributed by atoms with Crippen molar-refractivity contribution in [1.29, 1.82) is 0 Å². The van der Waals surface area contributed by atoms with Crippen molar-refractivity contribution in [3.05, 3.63) is 29.3 Å². The summed E-state index contributed by atoms with van der Waals surface area (Å²) in [5, 5.41) is 0.759. The lowest BCUT2D eigenvalue weighted by Gasteiger charge is -2.39. The van der Waals surface area contributed by atoms with Crippen molar-refractivity contribution < 1.29 is 4.79 Å². The van der Waals surface area contributed by atoms with E-state index in [1.54, 1.807) is 0 Å². The minimum atomic E-state index is -0.480. The van der Waals surface area contributed by atoms with E-state index in [-0.39, 0.29) is 30.7 Å². The predicted molar refractivity (Wildman–Crippen MR) is 97.6 cm³/mol. The molecule has 1 saturated heterocycles. The van der Waals surface area contributed by atoms with E-state index in [9.17, 15) is 4.79 Å². The molecule has 4 nitrogen and oxygen atoms in total. The van der Waals surface area contributed by atoms with E-state index < -0.39 is 5.41 Å². The number of nitrogens with zero attached hydrogens (tertiary/aromatic N) is 2. The minimum Gasteiger partial charge on any atom is -0.367 e. The molecule has 2 rings (SSSR count). The lowest BCUT2D eigenvalue weighted by Crippen LogP contribution is -2.53. The standard InChI is InChI=1S/C15H22ClN3O.2ClH/c1-15(2,11-17)14(20)19-9-7-18(8-10-19)13-6-4-3-5-12(13)16;;/h3-6H,7-11,17H2,1-2H3;2*1H. The van der Waals surface area contributed by atoms with E-state index in [1.165, 1.54) is 0 Å². The summed E-state index contributed by atoms with van der Waals surface area (Å²) in [6.07, 6.45) is 0. The number of piperazine rings is 1. The highest BCUT2D eigenvalue weighted by Crippen LogP contribution is 2.27. The molecule has 0 atom stereocenters. The Morgan fingerprint density at radius 2 is 1.73 bits per heavy atom. The fourth-order valence-corrected chi connectivity index (χ4v) is 2.63. The molecule has 0 aliphatic carbocycles. The average Bonchev–Trinajstić information content (AvgIpc) is 2.47. The summed E-state index contributed by atoms with van der Waals surface area (Å²) in [6, 6.07) is 7.82. The zero-order valence-corrected chi connectivity index (χ0v) is 15.3. The van der Waals surface area contributed by atoms with Crippen molar-refractivity contribution in [1.82, 2.24) is 4.90 Å². The second kappa shape index (κ2) is 8.82. The van der Waals surface area contributed by atoms with Crippen LogP contribution in [0.25, 0.3) is 0 Å². The van der Waals surface area contributed by atoms with Gasteiger partial charge in [-0.25, -0.2) is 0 Å². The number of carbonyl (C=O) groups excluding carboxylic acids is 1. The maximum atomic E-state index is 12.4. The summed E-state index contributed by atoms with van der Waals surface area (Å²) in [5.74, 6) is 0.138. The quantitative estimate of drug-likeness (QED) is 0.892. The molecule has 1 amide bonds.